The number of carbonyl (C=O) groups excluding carboxylic acids is 2. The van der Waals surface area contributed by atoms with Gasteiger partial charge in [0.1, 0.15) is 0 Å². The summed E-state index contributed by atoms with van der Waals surface area (Å²) >= 11 is 0. The number of carbonyl (C=O) groups is 2. The van der Waals surface area contributed by atoms with E-state index in [-0.39, 0.29) is 12.0 Å². The van der Waals surface area contributed by atoms with Crippen molar-refractivity contribution in [2.24, 2.45) is 0 Å². The highest BCUT2D eigenvalue weighted by molar-refractivity contribution is 5.88. The summed E-state index contributed by atoms with van der Waals surface area (Å²) in [5.74, 6) is -0.0274. The highest BCUT2D eigenvalue weighted by Crippen LogP contribution is 2.28. The molecule has 17 heavy (non-hydrogen) atoms. The predicted octanol–water partition coefficient (Wildman–Crippen LogP) is -0.575. The van der Waals surface area contributed by atoms with Crippen molar-refractivity contribution in [1.29, 1.82) is 0 Å². The lowest BCUT2D eigenvalue weighted by Gasteiger charge is -2.44. The molecule has 0 aromatic carbocycles. The van der Waals surface area contributed by atoms with Gasteiger partial charge in [-0.25, -0.2) is 4.79 Å². The Labute approximate surface area is 100 Å². The zero-order valence-corrected chi connectivity index (χ0v) is 10.1. The van der Waals surface area contributed by atoms with Crippen LogP contribution >= 0.6 is 0 Å². The van der Waals surface area contributed by atoms with Gasteiger partial charge < -0.3 is 19.9 Å². The van der Waals surface area contributed by atoms with Crippen molar-refractivity contribution < 1.29 is 14.3 Å². The van der Waals surface area contributed by atoms with Crippen LogP contribution in [0.1, 0.15) is 0 Å². The fraction of sp³-hybridized carbons (Fsp3) is 0.636. The molecule has 2 aliphatic rings. The number of nitrogens with one attached hydrogen (secondary N) is 1. The third-order valence-electron chi connectivity index (χ3n) is 2.86. The average Bonchev–Trinajstić information content (AvgIpc) is 2.57. The topological polar surface area (TPSA) is 61.9 Å². The Bertz CT molecular complexity index is 359. The maximum Gasteiger partial charge on any atom is 0.408 e. The smallest absolute Gasteiger partial charge is 0.408 e. The minimum absolute atomic E-state index is 0.0274. The lowest BCUT2D eigenvalue weighted by molar-refractivity contribution is -0.144. The van der Waals surface area contributed by atoms with Crippen LogP contribution in [-0.4, -0.2) is 67.7 Å². The lowest BCUT2D eigenvalue weighted by Crippen LogP contribution is -2.65. The molecule has 6 nitrogen and oxygen atoms in total. The van der Waals surface area contributed by atoms with E-state index in [1.165, 1.54) is 0 Å². The van der Waals surface area contributed by atoms with E-state index in [9.17, 15) is 9.59 Å². The summed E-state index contributed by atoms with van der Waals surface area (Å²) in [7, 11) is 3.88. The number of hydrogen-bond donors (Lipinski definition) is 1. The standard InChI is InChI=1S/C11H17N3O3/c1-13(2)5-3-4-9(15)14-7-11(8-14)6-12-10(16)17-11/h3-4H,5-8H2,1-2H3,(H,12,16). The van der Waals surface area contributed by atoms with Crippen molar-refractivity contribution >= 4 is 12.0 Å². The maximum absolute atomic E-state index is 11.7. The van der Waals surface area contributed by atoms with Crippen LogP contribution in [0.2, 0.25) is 0 Å². The minimum atomic E-state index is -0.470. The van der Waals surface area contributed by atoms with Crippen molar-refractivity contribution in [3.05, 3.63) is 12.2 Å². The molecule has 0 aliphatic carbocycles. The van der Waals surface area contributed by atoms with Crippen molar-refractivity contribution in [3.63, 3.8) is 0 Å². The second-order valence-corrected chi connectivity index (χ2v) is 4.78. The summed E-state index contributed by atoms with van der Waals surface area (Å²) in [5.41, 5.74) is -0.470. The third kappa shape index (κ3) is 2.58. The second-order valence-electron chi connectivity index (χ2n) is 4.78. The molecule has 2 rings (SSSR count). The molecule has 0 aromatic heterocycles. The number of amides is 2. The summed E-state index contributed by atoms with van der Waals surface area (Å²) in [4.78, 5) is 26.3. The number of rotatable bonds is 3. The molecule has 2 aliphatic heterocycles. The van der Waals surface area contributed by atoms with Crippen LogP contribution in [0.4, 0.5) is 4.79 Å². The first-order valence-corrected chi connectivity index (χ1v) is 5.58. The molecule has 0 radical (unpaired) electrons. The largest absolute Gasteiger partial charge is 0.437 e. The first-order valence-electron chi connectivity index (χ1n) is 5.58. The van der Waals surface area contributed by atoms with Gasteiger partial charge in [-0.05, 0) is 14.1 Å². The number of nitrogens with zero attached hydrogens (tertiary/aromatic N) is 2. The summed E-state index contributed by atoms with van der Waals surface area (Å²) in [5, 5.41) is 2.61. The third-order valence-corrected chi connectivity index (χ3v) is 2.86. The van der Waals surface area contributed by atoms with E-state index in [1.807, 2.05) is 25.1 Å². The summed E-state index contributed by atoms with van der Waals surface area (Å²) in [6.07, 6.45) is 3.00. The van der Waals surface area contributed by atoms with E-state index in [2.05, 4.69) is 5.32 Å². The summed E-state index contributed by atoms with van der Waals surface area (Å²) < 4.78 is 5.13. The lowest BCUT2D eigenvalue weighted by atomic mass is 9.94. The molecule has 6 heteroatoms. The van der Waals surface area contributed by atoms with Crippen LogP contribution in [-0.2, 0) is 9.53 Å². The second kappa shape index (κ2) is 4.37. The summed E-state index contributed by atoms with van der Waals surface area (Å²) in [6, 6.07) is 0. The summed E-state index contributed by atoms with van der Waals surface area (Å²) in [6.45, 7) is 2.20. The van der Waals surface area contributed by atoms with Gasteiger partial charge in [0.15, 0.2) is 5.60 Å². The molecule has 1 spiro atoms. The molecule has 0 bridgehead atoms. The first-order chi connectivity index (χ1) is 8.01. The molecule has 0 unspecified atom stereocenters. The zero-order chi connectivity index (χ0) is 12.5. The quantitative estimate of drug-likeness (QED) is 0.670. The van der Waals surface area contributed by atoms with Gasteiger partial charge in [-0.3, -0.25) is 4.79 Å². The Kier molecular flexibility index (Phi) is 3.06. The Morgan fingerprint density at radius 1 is 1.59 bits per heavy atom. The van der Waals surface area contributed by atoms with Crippen molar-refractivity contribution in [1.82, 2.24) is 15.1 Å². The molecular weight excluding hydrogens is 222 g/mol. The maximum atomic E-state index is 11.7. The Hall–Kier alpha value is -1.56. The van der Waals surface area contributed by atoms with Crippen LogP contribution in [0, 0.1) is 0 Å². The van der Waals surface area contributed by atoms with Gasteiger partial charge in [0.05, 0.1) is 19.6 Å². The number of hydrogen-bond acceptors (Lipinski definition) is 4. The minimum Gasteiger partial charge on any atom is -0.437 e. The molecule has 0 aromatic rings. The first kappa shape index (κ1) is 11.9. The van der Waals surface area contributed by atoms with Crippen molar-refractivity contribution in [3.8, 4) is 0 Å². The zero-order valence-electron chi connectivity index (χ0n) is 10.1. The van der Waals surface area contributed by atoms with Gasteiger partial charge in [-0.1, -0.05) is 6.08 Å². The van der Waals surface area contributed by atoms with E-state index in [0.29, 0.717) is 19.6 Å². The van der Waals surface area contributed by atoms with Crippen molar-refractivity contribution in [2.45, 2.75) is 5.60 Å². The molecule has 2 saturated heterocycles. The van der Waals surface area contributed by atoms with Crippen LogP contribution in [0.5, 0.6) is 0 Å². The molecule has 1 N–H and O–H groups in total. The molecule has 2 fully saturated rings. The molecule has 2 amide bonds. The SMILES string of the molecule is CN(C)CC=CC(=O)N1CC2(CNC(=O)O2)C1. The van der Waals surface area contributed by atoms with E-state index in [4.69, 9.17) is 4.74 Å². The van der Waals surface area contributed by atoms with Gasteiger partial charge in [0.2, 0.25) is 5.91 Å². The van der Waals surface area contributed by atoms with Gasteiger partial charge in [-0.15, -0.1) is 0 Å². The van der Waals surface area contributed by atoms with Gasteiger partial charge >= 0.3 is 6.09 Å². The predicted molar refractivity (Wildman–Crippen MR) is 61.5 cm³/mol. The molecule has 2 heterocycles. The molecular formula is C11H17N3O3. The van der Waals surface area contributed by atoms with Crippen LogP contribution in [0.25, 0.3) is 0 Å². The van der Waals surface area contributed by atoms with Crippen molar-refractivity contribution in [2.75, 3.05) is 40.3 Å². The molecule has 0 atom stereocenters. The molecule has 0 saturated carbocycles. The van der Waals surface area contributed by atoms with E-state index >= 15 is 0 Å². The highest BCUT2D eigenvalue weighted by Gasteiger charge is 2.51. The van der Waals surface area contributed by atoms with Gasteiger partial charge in [0.25, 0.3) is 0 Å². The molecule has 94 valence electrons. The highest BCUT2D eigenvalue weighted by atomic mass is 16.6. The Morgan fingerprint density at radius 2 is 2.29 bits per heavy atom. The van der Waals surface area contributed by atoms with Crippen LogP contribution in [0.15, 0.2) is 12.2 Å². The normalized spacial score (nSPS) is 21.8. The fourth-order valence-corrected chi connectivity index (χ4v) is 1.95. The van der Waals surface area contributed by atoms with E-state index in [0.717, 1.165) is 6.54 Å². The fourth-order valence-electron chi connectivity index (χ4n) is 1.95. The Balaban J connectivity index is 1.77. The van der Waals surface area contributed by atoms with Crippen LogP contribution < -0.4 is 5.32 Å². The van der Waals surface area contributed by atoms with E-state index in [1.54, 1.807) is 11.0 Å². The Morgan fingerprint density at radius 3 is 2.82 bits per heavy atom. The number of likely N-dealkylation sites (tertiary alicyclic amines) is 1. The van der Waals surface area contributed by atoms with Gasteiger partial charge in [-0.2, -0.15) is 0 Å². The number of likely N-dealkylation sites (N-methyl/N-ethyl adjacent to an activating group) is 1. The number of ether oxygens (including phenoxy) is 1. The average molecular weight is 239 g/mol. The van der Waals surface area contributed by atoms with Crippen LogP contribution in [0.3, 0.4) is 0 Å². The number of alkyl carbamates (subject to hydrolysis) is 1. The van der Waals surface area contributed by atoms with E-state index < -0.39 is 5.60 Å². The van der Waals surface area contributed by atoms with Gasteiger partial charge in [0, 0.05) is 12.6 Å². The monoisotopic (exact) mass is 239 g/mol.